The number of aromatic nitrogens is 6. The number of rotatable bonds is 7. The molecule has 0 aliphatic carbocycles. The number of benzene rings is 1. The first-order chi connectivity index (χ1) is 15.2. The third-order valence-corrected chi connectivity index (χ3v) is 5.43. The summed E-state index contributed by atoms with van der Waals surface area (Å²) in [6.07, 6.45) is 5.39. The van der Waals surface area contributed by atoms with Crippen molar-refractivity contribution < 1.29 is 9.84 Å². The lowest BCUT2D eigenvalue weighted by Gasteiger charge is -2.14. The summed E-state index contributed by atoms with van der Waals surface area (Å²) in [5.74, 6) is 1.26. The van der Waals surface area contributed by atoms with Crippen LogP contribution in [0.4, 0.5) is 5.82 Å². The van der Waals surface area contributed by atoms with Crippen LogP contribution >= 0.6 is 0 Å². The number of anilines is 1. The highest BCUT2D eigenvalue weighted by Crippen LogP contribution is 2.21. The number of aliphatic hydroxyl groups excluding tert-OH is 1. The number of ether oxygens (including phenoxy) is 1. The zero-order chi connectivity index (χ0) is 21.2. The molecule has 0 spiro atoms. The molecule has 0 amide bonds. The molecule has 5 N–H and O–H groups in total. The quantitative estimate of drug-likeness (QED) is 0.345. The van der Waals surface area contributed by atoms with E-state index in [1.807, 2.05) is 41.3 Å². The van der Waals surface area contributed by atoms with E-state index in [4.69, 9.17) is 10.5 Å². The molecule has 1 aromatic carbocycles. The van der Waals surface area contributed by atoms with E-state index in [0.29, 0.717) is 24.4 Å². The normalized spacial score (nSPS) is 18.6. The summed E-state index contributed by atoms with van der Waals surface area (Å²) in [4.78, 5) is 4.20. The van der Waals surface area contributed by atoms with Crippen LogP contribution in [0.1, 0.15) is 23.1 Å². The number of nitrogens with one attached hydrogen (secondary N) is 2. The van der Waals surface area contributed by atoms with Crippen molar-refractivity contribution in [2.24, 2.45) is 0 Å². The topological polar surface area (TPSA) is 140 Å². The summed E-state index contributed by atoms with van der Waals surface area (Å²) >= 11 is 0. The molecule has 5 rings (SSSR count). The van der Waals surface area contributed by atoms with Crippen LogP contribution in [0.15, 0.2) is 42.7 Å². The maximum atomic E-state index is 9.26. The highest BCUT2D eigenvalue weighted by molar-refractivity contribution is 5.76. The molecule has 2 atom stereocenters. The van der Waals surface area contributed by atoms with Crippen molar-refractivity contribution in [3.8, 4) is 5.75 Å². The van der Waals surface area contributed by atoms with Gasteiger partial charge in [-0.15, -0.1) is 5.10 Å². The lowest BCUT2D eigenvalue weighted by molar-refractivity contribution is 0.206. The first-order valence-electron chi connectivity index (χ1n) is 10.2. The Balaban J connectivity index is 1.26. The second-order valence-electron chi connectivity index (χ2n) is 7.85. The lowest BCUT2D eigenvalue weighted by Crippen LogP contribution is -2.25. The molecule has 1 fully saturated rings. The summed E-state index contributed by atoms with van der Waals surface area (Å²) in [6, 6.07) is 9.98. The number of pyridine rings is 1. The van der Waals surface area contributed by atoms with Gasteiger partial charge in [0.1, 0.15) is 23.2 Å². The highest BCUT2D eigenvalue weighted by atomic mass is 16.5. The van der Waals surface area contributed by atoms with Gasteiger partial charge in [-0.2, -0.15) is 5.10 Å². The molecule has 4 heterocycles. The second-order valence-corrected chi connectivity index (χ2v) is 7.85. The summed E-state index contributed by atoms with van der Waals surface area (Å²) in [6.45, 7) is 1.52. The number of nitrogens with zero attached hydrogens (tertiary/aromatic N) is 5. The molecule has 1 aliphatic rings. The van der Waals surface area contributed by atoms with Crippen LogP contribution in [0.2, 0.25) is 0 Å². The third-order valence-electron chi connectivity index (χ3n) is 5.43. The van der Waals surface area contributed by atoms with Gasteiger partial charge in [-0.1, -0.05) is 17.3 Å². The number of H-pyrrole nitrogens is 1. The van der Waals surface area contributed by atoms with Gasteiger partial charge in [0, 0.05) is 31.6 Å². The zero-order valence-corrected chi connectivity index (χ0v) is 16.9. The molecule has 10 heteroatoms. The number of nitrogens with two attached hydrogens (primary N) is 1. The maximum Gasteiger partial charge on any atom is 0.178 e. The van der Waals surface area contributed by atoms with E-state index < -0.39 is 0 Å². The molecule has 0 saturated carbocycles. The van der Waals surface area contributed by atoms with E-state index in [2.05, 4.69) is 36.9 Å². The van der Waals surface area contributed by atoms with E-state index in [9.17, 15) is 5.11 Å². The standard InChI is InChI=1S/C21H24N8O2/c22-19-6-15(20-21(25-19)27-28-26-20)4-14-8-24-29(11-14)10-13-2-1-3-17(5-13)31-18-7-16(12-30)23-9-18/h1-3,5-6,8,11,16,18,23,30H,4,7,9-10,12H2,(H3,22,25,26,27,28)/t16-,18+/m0/s1. The SMILES string of the molecule is Nc1cc(Cc2cnn(Cc3cccc(O[C@H]4CN[C@H](CO)C4)c3)c2)c2nn[nH]c2n1. The Kier molecular flexibility index (Phi) is 5.23. The Morgan fingerprint density at radius 2 is 2.19 bits per heavy atom. The fourth-order valence-corrected chi connectivity index (χ4v) is 3.97. The van der Waals surface area contributed by atoms with Crippen LogP contribution in [-0.4, -0.2) is 60.6 Å². The second kappa shape index (κ2) is 8.32. The fraction of sp³-hybridized carbons (Fsp3) is 0.333. The van der Waals surface area contributed by atoms with Gasteiger partial charge >= 0.3 is 0 Å². The molecule has 3 aromatic heterocycles. The summed E-state index contributed by atoms with van der Waals surface area (Å²) in [5.41, 5.74) is 10.3. The minimum absolute atomic E-state index is 0.0740. The van der Waals surface area contributed by atoms with E-state index in [1.54, 1.807) is 0 Å². The van der Waals surface area contributed by atoms with Crippen molar-refractivity contribution in [1.29, 1.82) is 0 Å². The Hall–Kier alpha value is -3.50. The van der Waals surface area contributed by atoms with Crippen molar-refractivity contribution in [2.75, 3.05) is 18.9 Å². The average Bonchev–Trinajstić information content (AvgIpc) is 3.49. The molecule has 1 aliphatic heterocycles. The molecular weight excluding hydrogens is 396 g/mol. The minimum Gasteiger partial charge on any atom is -0.489 e. The first-order valence-corrected chi connectivity index (χ1v) is 10.2. The summed E-state index contributed by atoms with van der Waals surface area (Å²) in [7, 11) is 0. The summed E-state index contributed by atoms with van der Waals surface area (Å²) in [5, 5.41) is 27.7. The third kappa shape index (κ3) is 4.35. The highest BCUT2D eigenvalue weighted by Gasteiger charge is 2.24. The van der Waals surface area contributed by atoms with Gasteiger partial charge in [0.2, 0.25) is 0 Å². The van der Waals surface area contributed by atoms with Crippen LogP contribution in [0.3, 0.4) is 0 Å². The van der Waals surface area contributed by atoms with Gasteiger partial charge in [-0.05, 0) is 34.9 Å². The van der Waals surface area contributed by atoms with Gasteiger partial charge in [0.25, 0.3) is 0 Å². The Labute approximate surface area is 178 Å². The number of aromatic amines is 1. The predicted molar refractivity (Wildman–Crippen MR) is 115 cm³/mol. The monoisotopic (exact) mass is 420 g/mol. The van der Waals surface area contributed by atoms with Crippen LogP contribution in [0.25, 0.3) is 11.2 Å². The van der Waals surface area contributed by atoms with Crippen molar-refractivity contribution >= 4 is 17.0 Å². The van der Waals surface area contributed by atoms with E-state index in [0.717, 1.165) is 40.9 Å². The van der Waals surface area contributed by atoms with Crippen LogP contribution in [0, 0.1) is 0 Å². The molecule has 4 aromatic rings. The number of hydrogen-bond acceptors (Lipinski definition) is 8. The minimum atomic E-state index is 0.0740. The van der Waals surface area contributed by atoms with E-state index in [1.165, 1.54) is 0 Å². The first kappa shape index (κ1) is 19.5. The van der Waals surface area contributed by atoms with Crippen molar-refractivity contribution in [3.05, 3.63) is 59.4 Å². The molecule has 10 nitrogen and oxygen atoms in total. The lowest BCUT2D eigenvalue weighted by atomic mass is 10.1. The molecule has 1 saturated heterocycles. The van der Waals surface area contributed by atoms with Crippen LogP contribution in [-0.2, 0) is 13.0 Å². The van der Waals surface area contributed by atoms with Crippen LogP contribution in [0.5, 0.6) is 5.75 Å². The zero-order valence-electron chi connectivity index (χ0n) is 16.9. The summed E-state index contributed by atoms with van der Waals surface area (Å²) < 4.78 is 7.98. The van der Waals surface area contributed by atoms with Gasteiger partial charge in [0.15, 0.2) is 5.65 Å². The van der Waals surface area contributed by atoms with Gasteiger partial charge in [-0.3, -0.25) is 4.68 Å². The Bertz CT molecular complexity index is 1190. The van der Waals surface area contributed by atoms with E-state index >= 15 is 0 Å². The van der Waals surface area contributed by atoms with Crippen molar-refractivity contribution in [2.45, 2.75) is 31.5 Å². The molecule has 160 valence electrons. The molecule has 0 unspecified atom stereocenters. The smallest absolute Gasteiger partial charge is 0.178 e. The maximum absolute atomic E-state index is 9.26. The van der Waals surface area contributed by atoms with Crippen molar-refractivity contribution in [1.82, 2.24) is 35.5 Å². The van der Waals surface area contributed by atoms with Gasteiger partial charge in [-0.25, -0.2) is 10.1 Å². The molecule has 31 heavy (non-hydrogen) atoms. The van der Waals surface area contributed by atoms with Gasteiger partial charge in [0.05, 0.1) is 19.3 Å². The molecular formula is C21H24N8O2. The van der Waals surface area contributed by atoms with Crippen LogP contribution < -0.4 is 15.8 Å². The Morgan fingerprint density at radius 1 is 1.26 bits per heavy atom. The van der Waals surface area contributed by atoms with Gasteiger partial charge < -0.3 is 20.9 Å². The number of nitrogen functional groups attached to an aromatic ring is 1. The molecule has 0 bridgehead atoms. The van der Waals surface area contributed by atoms with E-state index in [-0.39, 0.29) is 18.8 Å². The molecule has 0 radical (unpaired) electrons. The predicted octanol–water partition coefficient (Wildman–Crippen LogP) is 0.872. The fourth-order valence-electron chi connectivity index (χ4n) is 3.97. The largest absolute Gasteiger partial charge is 0.489 e. The number of fused-ring (bicyclic) bond motifs is 1. The number of aliphatic hydroxyl groups is 1. The number of hydrogen-bond donors (Lipinski definition) is 4. The average molecular weight is 420 g/mol. The Morgan fingerprint density at radius 3 is 3.06 bits per heavy atom. The van der Waals surface area contributed by atoms with Crippen molar-refractivity contribution in [3.63, 3.8) is 0 Å².